The second-order valence-corrected chi connectivity index (χ2v) is 9.25. The monoisotopic (exact) mass is 427 g/mol. The van der Waals surface area contributed by atoms with Gasteiger partial charge in [-0.25, -0.2) is 0 Å². The second kappa shape index (κ2) is 24.7. The number of carbonyl (C=O) groups excluding carboxylic acids is 1. The van der Waals surface area contributed by atoms with Crippen molar-refractivity contribution in [2.45, 2.75) is 144 Å². The maximum atomic E-state index is 10.1. The van der Waals surface area contributed by atoms with E-state index in [4.69, 9.17) is 0 Å². The van der Waals surface area contributed by atoms with E-state index in [-0.39, 0.29) is 6.42 Å². The summed E-state index contributed by atoms with van der Waals surface area (Å²) in [5.74, 6) is -0.911. The van der Waals surface area contributed by atoms with Crippen LogP contribution in [-0.2, 0) is 4.79 Å². The lowest BCUT2D eigenvalue weighted by Gasteiger charge is -2.39. The molecule has 0 fully saturated rings. The molecule has 0 bridgehead atoms. The summed E-state index contributed by atoms with van der Waals surface area (Å²) in [7, 11) is 0. The fourth-order valence-electron chi connectivity index (χ4n) is 4.05. The van der Waals surface area contributed by atoms with Crippen LogP contribution in [0.5, 0.6) is 0 Å². The number of rotatable bonds is 21. The van der Waals surface area contributed by atoms with Gasteiger partial charge in [-0.05, 0) is 38.5 Å². The van der Waals surface area contributed by atoms with Crippen LogP contribution in [0.1, 0.15) is 144 Å². The lowest BCUT2D eigenvalue weighted by molar-refractivity contribution is -0.929. The van der Waals surface area contributed by atoms with Crippen LogP contribution in [0.4, 0.5) is 0 Å². The highest BCUT2D eigenvalue weighted by Gasteiger charge is 2.24. The van der Waals surface area contributed by atoms with Gasteiger partial charge in [-0.2, -0.15) is 0 Å². The van der Waals surface area contributed by atoms with E-state index in [2.05, 4.69) is 34.6 Å². The third-order valence-electron chi connectivity index (χ3n) is 6.18. The first-order valence-corrected chi connectivity index (χ1v) is 13.6. The number of carboxylic acid groups (broad SMARTS) is 1. The summed E-state index contributed by atoms with van der Waals surface area (Å²) < 4.78 is 1.42. The molecule has 0 aromatic rings. The molecule has 0 saturated heterocycles. The summed E-state index contributed by atoms with van der Waals surface area (Å²) in [6.07, 6.45) is 20.8. The Hall–Kier alpha value is -0.570. The minimum atomic E-state index is -0.911. The number of carbonyl (C=O) groups is 1. The van der Waals surface area contributed by atoms with Crippen molar-refractivity contribution in [2.75, 3.05) is 26.2 Å². The van der Waals surface area contributed by atoms with Crippen molar-refractivity contribution >= 4 is 5.97 Å². The van der Waals surface area contributed by atoms with Gasteiger partial charge in [-0.3, -0.25) is 0 Å². The number of carboxylic acids is 1. The number of nitrogens with zero attached hydrogens (tertiary/aromatic N) is 1. The molecule has 0 saturated carbocycles. The van der Waals surface area contributed by atoms with Crippen LogP contribution in [0, 0.1) is 0 Å². The van der Waals surface area contributed by atoms with Crippen LogP contribution in [0.25, 0.3) is 0 Å². The Bertz CT molecular complexity index is 306. The van der Waals surface area contributed by atoms with Gasteiger partial charge < -0.3 is 14.4 Å². The van der Waals surface area contributed by atoms with Gasteiger partial charge in [0.1, 0.15) is 0 Å². The quantitative estimate of drug-likeness (QED) is 0.143. The van der Waals surface area contributed by atoms with Crippen molar-refractivity contribution in [1.82, 2.24) is 0 Å². The second-order valence-electron chi connectivity index (χ2n) is 9.25. The molecule has 0 aliphatic rings. The van der Waals surface area contributed by atoms with Crippen molar-refractivity contribution in [3.8, 4) is 0 Å². The van der Waals surface area contributed by atoms with Crippen molar-refractivity contribution in [3.05, 3.63) is 0 Å². The van der Waals surface area contributed by atoms with Crippen LogP contribution in [0.2, 0.25) is 0 Å². The van der Waals surface area contributed by atoms with Crippen LogP contribution in [0.3, 0.4) is 0 Å². The van der Waals surface area contributed by atoms with Crippen molar-refractivity contribution in [3.63, 3.8) is 0 Å². The topological polar surface area (TPSA) is 40.1 Å². The molecule has 0 heterocycles. The van der Waals surface area contributed by atoms with Crippen molar-refractivity contribution in [1.29, 1.82) is 0 Å². The third-order valence-corrected chi connectivity index (χ3v) is 6.18. The fourth-order valence-corrected chi connectivity index (χ4v) is 4.05. The largest absolute Gasteiger partial charge is 0.550 e. The predicted molar refractivity (Wildman–Crippen MR) is 132 cm³/mol. The molecule has 0 N–H and O–H groups in total. The maximum absolute atomic E-state index is 10.1. The highest BCUT2D eigenvalue weighted by Crippen LogP contribution is 2.16. The van der Waals surface area contributed by atoms with E-state index >= 15 is 0 Å². The van der Waals surface area contributed by atoms with Gasteiger partial charge >= 0.3 is 0 Å². The van der Waals surface area contributed by atoms with Gasteiger partial charge in [0.15, 0.2) is 0 Å². The molecular formula is C27H57NO2. The summed E-state index contributed by atoms with van der Waals surface area (Å²) in [5.41, 5.74) is 0. The van der Waals surface area contributed by atoms with E-state index in [0.29, 0.717) is 0 Å². The van der Waals surface area contributed by atoms with E-state index in [1.54, 1.807) is 0 Å². The highest BCUT2D eigenvalue weighted by atomic mass is 16.4. The zero-order chi connectivity index (χ0) is 22.9. The summed E-state index contributed by atoms with van der Waals surface area (Å²) in [5, 5.41) is 10.1. The first-order chi connectivity index (χ1) is 14.5. The maximum Gasteiger partial charge on any atom is 0.0786 e. The summed E-state index contributed by atoms with van der Waals surface area (Å²) in [6, 6.07) is 0. The molecule has 0 radical (unpaired) electrons. The van der Waals surface area contributed by atoms with E-state index < -0.39 is 5.97 Å². The number of unbranched alkanes of at least 4 members (excludes halogenated alkanes) is 11. The lowest BCUT2D eigenvalue weighted by atomic mass is 10.1. The number of quaternary nitrogens is 1. The molecule has 182 valence electrons. The Labute approximate surface area is 190 Å². The van der Waals surface area contributed by atoms with Crippen LogP contribution in [-0.4, -0.2) is 36.6 Å². The van der Waals surface area contributed by atoms with E-state index in [9.17, 15) is 9.90 Å². The van der Waals surface area contributed by atoms with E-state index in [0.717, 1.165) is 12.8 Å². The average molecular weight is 428 g/mol. The molecule has 0 unspecified atom stereocenters. The Morgan fingerprint density at radius 1 is 0.500 bits per heavy atom. The van der Waals surface area contributed by atoms with Crippen LogP contribution >= 0.6 is 0 Å². The average Bonchev–Trinajstić information content (AvgIpc) is 2.75. The summed E-state index contributed by atoms with van der Waals surface area (Å²) in [4.78, 5) is 10.1. The zero-order valence-electron chi connectivity index (χ0n) is 21.6. The molecular weight excluding hydrogens is 370 g/mol. The molecule has 0 aliphatic carbocycles. The summed E-state index contributed by atoms with van der Waals surface area (Å²) >= 11 is 0. The minimum absolute atomic E-state index is 0.231. The number of aliphatic carboxylic acids is 1. The normalized spacial score (nSPS) is 11.2. The molecule has 0 rings (SSSR count). The molecule has 30 heavy (non-hydrogen) atoms. The SMILES string of the molecule is CCCCCCCCCCC(=O)[O-].CCCC[N+](CCCC)(CCCC)CCCC. The molecule has 0 amide bonds. The molecule has 3 nitrogen and oxygen atoms in total. The lowest BCUT2D eigenvalue weighted by Crippen LogP contribution is -2.50. The minimum Gasteiger partial charge on any atom is -0.550 e. The van der Waals surface area contributed by atoms with Crippen LogP contribution in [0.15, 0.2) is 0 Å². The first kappa shape index (κ1) is 31.6. The Morgan fingerprint density at radius 3 is 1.10 bits per heavy atom. The fraction of sp³-hybridized carbons (Fsp3) is 0.963. The van der Waals surface area contributed by atoms with Gasteiger partial charge in [0.25, 0.3) is 0 Å². The van der Waals surface area contributed by atoms with Gasteiger partial charge in [0, 0.05) is 5.97 Å². The van der Waals surface area contributed by atoms with Gasteiger partial charge in [0.05, 0.1) is 26.2 Å². The predicted octanol–water partition coefficient (Wildman–Crippen LogP) is 7.27. The summed E-state index contributed by atoms with van der Waals surface area (Å²) in [6.45, 7) is 17.2. The van der Waals surface area contributed by atoms with E-state index in [1.165, 1.54) is 121 Å². The number of hydrogen-bond acceptors (Lipinski definition) is 2. The first-order valence-electron chi connectivity index (χ1n) is 13.6. The molecule has 0 aromatic carbocycles. The number of hydrogen-bond donors (Lipinski definition) is 0. The van der Waals surface area contributed by atoms with Gasteiger partial charge in [-0.1, -0.05) is 105 Å². The molecule has 0 atom stereocenters. The molecule has 0 spiro atoms. The van der Waals surface area contributed by atoms with Crippen LogP contribution < -0.4 is 5.11 Å². The smallest absolute Gasteiger partial charge is 0.0786 e. The van der Waals surface area contributed by atoms with Crippen molar-refractivity contribution < 1.29 is 14.4 Å². The molecule has 0 aliphatic heterocycles. The highest BCUT2D eigenvalue weighted by molar-refractivity contribution is 5.63. The van der Waals surface area contributed by atoms with Gasteiger partial charge in [-0.15, -0.1) is 0 Å². The van der Waals surface area contributed by atoms with E-state index in [1.807, 2.05) is 0 Å². The Morgan fingerprint density at radius 2 is 0.800 bits per heavy atom. The Balaban J connectivity index is 0. The Kier molecular flexibility index (Phi) is 26.0. The van der Waals surface area contributed by atoms with Gasteiger partial charge in [0.2, 0.25) is 0 Å². The third kappa shape index (κ3) is 22.1. The van der Waals surface area contributed by atoms with Crippen molar-refractivity contribution in [2.24, 2.45) is 0 Å². The molecule has 3 heteroatoms. The standard InChI is InChI=1S/C16H36N.C11H22O2/c1-5-9-13-17(14-10-6-2,15-11-7-3)16-12-8-4;1-2-3-4-5-6-7-8-9-10-11(12)13/h5-16H2,1-4H3;2-10H2,1H3,(H,12,13)/q+1;/p-1. The zero-order valence-corrected chi connectivity index (χ0v) is 21.6. The molecule has 0 aromatic heterocycles.